The van der Waals surface area contributed by atoms with Gasteiger partial charge in [-0.1, -0.05) is 0 Å². The van der Waals surface area contributed by atoms with Gasteiger partial charge in [-0.2, -0.15) is 0 Å². The number of ether oxygens (including phenoxy) is 3. The van der Waals surface area contributed by atoms with E-state index < -0.39 is 12.1 Å². The van der Waals surface area contributed by atoms with E-state index in [0.717, 1.165) is 0 Å². The van der Waals surface area contributed by atoms with Crippen molar-refractivity contribution < 1.29 is 19.3 Å². The largest absolute Gasteiger partial charge is 0.368 e. The predicted octanol–water partition coefficient (Wildman–Crippen LogP) is -0.427. The summed E-state index contributed by atoms with van der Waals surface area (Å²) in [6.45, 7) is 4.04. The SMILES string of the molecule is CC1(C)OC2CC(O)OC(CN)C2O1. The Morgan fingerprint density at radius 2 is 2.14 bits per heavy atom. The van der Waals surface area contributed by atoms with Crippen LogP contribution in [0.2, 0.25) is 0 Å². The Kier molecular flexibility index (Phi) is 2.53. The summed E-state index contributed by atoms with van der Waals surface area (Å²) < 4.78 is 16.6. The second kappa shape index (κ2) is 3.43. The van der Waals surface area contributed by atoms with Crippen LogP contribution in [0.4, 0.5) is 0 Å². The van der Waals surface area contributed by atoms with Crippen LogP contribution in [-0.2, 0) is 14.2 Å². The Bertz CT molecular complexity index is 221. The fourth-order valence-corrected chi connectivity index (χ4v) is 2.08. The van der Waals surface area contributed by atoms with Crippen molar-refractivity contribution in [3.63, 3.8) is 0 Å². The van der Waals surface area contributed by atoms with Gasteiger partial charge in [0.2, 0.25) is 0 Å². The fraction of sp³-hybridized carbons (Fsp3) is 1.00. The van der Waals surface area contributed by atoms with E-state index in [-0.39, 0.29) is 18.3 Å². The lowest BCUT2D eigenvalue weighted by Gasteiger charge is -2.33. The standard InChI is InChI=1S/C9H17NO4/c1-9(2)13-5-3-7(11)12-6(4-10)8(5)14-9/h5-8,11H,3-4,10H2,1-2H3. The van der Waals surface area contributed by atoms with Gasteiger partial charge < -0.3 is 25.1 Å². The van der Waals surface area contributed by atoms with Gasteiger partial charge >= 0.3 is 0 Å². The highest BCUT2D eigenvalue weighted by Gasteiger charge is 2.49. The molecule has 2 rings (SSSR count). The lowest BCUT2D eigenvalue weighted by molar-refractivity contribution is -0.205. The maximum absolute atomic E-state index is 9.41. The molecule has 0 aromatic rings. The lowest BCUT2D eigenvalue weighted by Crippen LogP contribution is -2.49. The van der Waals surface area contributed by atoms with Gasteiger partial charge in [-0.3, -0.25) is 0 Å². The van der Waals surface area contributed by atoms with Crippen molar-refractivity contribution >= 4 is 0 Å². The van der Waals surface area contributed by atoms with Crippen LogP contribution in [-0.4, -0.2) is 42.0 Å². The first kappa shape index (κ1) is 10.3. The zero-order valence-electron chi connectivity index (χ0n) is 8.47. The molecule has 0 radical (unpaired) electrons. The van der Waals surface area contributed by atoms with Crippen molar-refractivity contribution in [2.45, 2.75) is 50.7 Å². The molecule has 0 aliphatic carbocycles. The molecule has 14 heavy (non-hydrogen) atoms. The maximum Gasteiger partial charge on any atom is 0.163 e. The summed E-state index contributed by atoms with van der Waals surface area (Å²) in [5.41, 5.74) is 5.54. The molecule has 2 fully saturated rings. The molecule has 0 saturated carbocycles. The molecule has 82 valence electrons. The molecule has 0 spiro atoms. The normalized spacial score (nSPS) is 46.3. The van der Waals surface area contributed by atoms with Crippen molar-refractivity contribution in [2.24, 2.45) is 5.73 Å². The molecule has 0 aromatic carbocycles. The number of hydrogen-bond donors (Lipinski definition) is 2. The number of aliphatic hydroxyl groups is 1. The van der Waals surface area contributed by atoms with E-state index in [1.54, 1.807) is 0 Å². The molecule has 4 unspecified atom stereocenters. The molecule has 4 atom stereocenters. The molecule has 2 heterocycles. The smallest absolute Gasteiger partial charge is 0.163 e. The highest BCUT2D eigenvalue weighted by Crippen LogP contribution is 2.36. The Labute approximate surface area is 83.1 Å². The average molecular weight is 203 g/mol. The van der Waals surface area contributed by atoms with Gasteiger partial charge in [0.05, 0.1) is 6.10 Å². The summed E-state index contributed by atoms with van der Waals surface area (Å²) in [7, 11) is 0. The minimum atomic E-state index is -0.790. The van der Waals surface area contributed by atoms with Crippen LogP contribution in [0.5, 0.6) is 0 Å². The van der Waals surface area contributed by atoms with E-state index in [2.05, 4.69) is 0 Å². The van der Waals surface area contributed by atoms with Crippen LogP contribution in [0, 0.1) is 0 Å². The first-order chi connectivity index (χ1) is 6.52. The van der Waals surface area contributed by atoms with Crippen LogP contribution in [0.1, 0.15) is 20.3 Å². The summed E-state index contributed by atoms with van der Waals surface area (Å²) in [4.78, 5) is 0. The molecule has 2 saturated heterocycles. The van der Waals surface area contributed by atoms with Crippen molar-refractivity contribution in [1.82, 2.24) is 0 Å². The first-order valence-corrected chi connectivity index (χ1v) is 4.91. The number of nitrogens with two attached hydrogens (primary N) is 1. The summed E-state index contributed by atoms with van der Waals surface area (Å²) in [5, 5.41) is 9.41. The van der Waals surface area contributed by atoms with Crippen molar-refractivity contribution in [2.75, 3.05) is 6.54 Å². The van der Waals surface area contributed by atoms with E-state index in [0.29, 0.717) is 13.0 Å². The maximum atomic E-state index is 9.41. The third kappa shape index (κ3) is 1.78. The molecule has 5 nitrogen and oxygen atoms in total. The van der Waals surface area contributed by atoms with Gasteiger partial charge in [-0.25, -0.2) is 0 Å². The average Bonchev–Trinajstić information content (AvgIpc) is 2.37. The number of fused-ring (bicyclic) bond motifs is 1. The molecular weight excluding hydrogens is 186 g/mol. The quantitative estimate of drug-likeness (QED) is 0.605. The molecule has 0 amide bonds. The second-order valence-corrected chi connectivity index (χ2v) is 4.24. The van der Waals surface area contributed by atoms with Gasteiger partial charge in [-0.05, 0) is 13.8 Å². The van der Waals surface area contributed by atoms with Crippen molar-refractivity contribution in [3.05, 3.63) is 0 Å². The van der Waals surface area contributed by atoms with Gasteiger partial charge in [0.1, 0.15) is 12.2 Å². The fourth-order valence-electron chi connectivity index (χ4n) is 2.08. The molecule has 0 bridgehead atoms. The number of rotatable bonds is 1. The van der Waals surface area contributed by atoms with Crippen molar-refractivity contribution in [1.29, 1.82) is 0 Å². The molecular formula is C9H17NO4. The minimum Gasteiger partial charge on any atom is -0.368 e. The Balaban J connectivity index is 2.10. The predicted molar refractivity (Wildman–Crippen MR) is 48.4 cm³/mol. The van der Waals surface area contributed by atoms with E-state index in [4.69, 9.17) is 19.9 Å². The minimum absolute atomic E-state index is 0.109. The van der Waals surface area contributed by atoms with Crippen LogP contribution in [0.3, 0.4) is 0 Å². The number of hydrogen-bond acceptors (Lipinski definition) is 5. The van der Waals surface area contributed by atoms with Crippen molar-refractivity contribution in [3.8, 4) is 0 Å². The summed E-state index contributed by atoms with van der Waals surface area (Å²) in [6, 6.07) is 0. The van der Waals surface area contributed by atoms with Crippen LogP contribution in [0.15, 0.2) is 0 Å². The third-order valence-corrected chi connectivity index (χ3v) is 2.59. The van der Waals surface area contributed by atoms with E-state index in [1.807, 2.05) is 13.8 Å². The highest BCUT2D eigenvalue weighted by molar-refractivity contribution is 4.91. The zero-order chi connectivity index (χ0) is 10.3. The zero-order valence-corrected chi connectivity index (χ0v) is 8.47. The lowest BCUT2D eigenvalue weighted by atomic mass is 10.0. The van der Waals surface area contributed by atoms with Gasteiger partial charge in [0.25, 0.3) is 0 Å². The van der Waals surface area contributed by atoms with Gasteiger partial charge in [-0.15, -0.1) is 0 Å². The second-order valence-electron chi connectivity index (χ2n) is 4.24. The van der Waals surface area contributed by atoms with Gasteiger partial charge in [0.15, 0.2) is 12.1 Å². The van der Waals surface area contributed by atoms with Gasteiger partial charge in [0, 0.05) is 13.0 Å². The number of aliphatic hydroxyl groups excluding tert-OH is 1. The molecule has 5 heteroatoms. The van der Waals surface area contributed by atoms with Crippen LogP contribution in [0.25, 0.3) is 0 Å². The topological polar surface area (TPSA) is 73.9 Å². The third-order valence-electron chi connectivity index (χ3n) is 2.59. The molecule has 0 aromatic heterocycles. The summed E-state index contributed by atoms with van der Waals surface area (Å²) in [5.74, 6) is -0.601. The van der Waals surface area contributed by atoms with E-state index in [9.17, 15) is 5.11 Å². The van der Waals surface area contributed by atoms with Crippen LogP contribution >= 0.6 is 0 Å². The Morgan fingerprint density at radius 3 is 2.79 bits per heavy atom. The van der Waals surface area contributed by atoms with Crippen LogP contribution < -0.4 is 5.73 Å². The monoisotopic (exact) mass is 203 g/mol. The Hall–Kier alpha value is -0.200. The Morgan fingerprint density at radius 1 is 1.43 bits per heavy atom. The highest BCUT2D eigenvalue weighted by atomic mass is 16.8. The molecule has 2 aliphatic heterocycles. The summed E-state index contributed by atoms with van der Waals surface area (Å²) in [6.07, 6.45) is -0.876. The first-order valence-electron chi connectivity index (χ1n) is 4.91. The van der Waals surface area contributed by atoms with E-state index >= 15 is 0 Å². The van der Waals surface area contributed by atoms with E-state index in [1.165, 1.54) is 0 Å². The molecule has 3 N–H and O–H groups in total. The molecule has 2 aliphatic rings. The summed E-state index contributed by atoms with van der Waals surface area (Å²) >= 11 is 0.